The first-order valence-electron chi connectivity index (χ1n) is 17.7. The highest BCUT2D eigenvalue weighted by molar-refractivity contribution is 7.25. The average Bonchev–Trinajstić information content (AvgIpc) is 3.56. The maximum atomic E-state index is 8.89. The number of thiophene rings is 1. The fourth-order valence-corrected chi connectivity index (χ4v) is 7.34. The second-order valence-electron chi connectivity index (χ2n) is 10.8. The van der Waals surface area contributed by atoms with E-state index in [-0.39, 0.29) is 42.3 Å². The van der Waals surface area contributed by atoms with E-state index in [1.807, 2.05) is 24.3 Å². The molecule has 43 heavy (non-hydrogen) atoms. The van der Waals surface area contributed by atoms with E-state index < -0.39 is 0 Å². The Bertz CT molecular complexity index is 2860. The molecule has 0 saturated heterocycles. The van der Waals surface area contributed by atoms with Crippen LogP contribution in [0.5, 0.6) is 0 Å². The molecule has 1 aromatic heterocycles. The molecule has 0 aliphatic heterocycles. The molecule has 9 rings (SSSR count). The maximum absolute atomic E-state index is 8.89. The number of hydrogen-bond acceptors (Lipinski definition) is 1. The van der Waals surface area contributed by atoms with Gasteiger partial charge >= 0.3 is 0 Å². The predicted molar refractivity (Wildman–Crippen MR) is 188 cm³/mol. The quantitative estimate of drug-likeness (QED) is 0.186. The molecular formula is C42H26S. The zero-order valence-corrected chi connectivity index (χ0v) is 23.7. The SMILES string of the molecule is [2H]c1c([2H])c([2H])c2c(sc3c([2H])c([2H])c([2H])c(-c4ccc(-c5cccc(-c6ccc7c8ccccc8c8ccccc8c7c6)c5)cc4)c32)c1[2H]. The van der Waals surface area contributed by atoms with Crippen LogP contribution >= 0.6 is 11.3 Å². The van der Waals surface area contributed by atoms with Crippen molar-refractivity contribution in [2.24, 2.45) is 0 Å². The predicted octanol–water partition coefficient (Wildman–Crippen LogP) is 12.5. The molecule has 0 fully saturated rings. The summed E-state index contributed by atoms with van der Waals surface area (Å²) in [5.74, 6) is 0. The van der Waals surface area contributed by atoms with Crippen LogP contribution in [0.2, 0.25) is 0 Å². The molecule has 0 spiro atoms. The van der Waals surface area contributed by atoms with Crippen LogP contribution < -0.4 is 0 Å². The van der Waals surface area contributed by atoms with Crippen molar-refractivity contribution in [2.75, 3.05) is 0 Å². The largest absolute Gasteiger partial charge is 0.135 e. The highest BCUT2D eigenvalue weighted by Crippen LogP contribution is 2.41. The van der Waals surface area contributed by atoms with E-state index in [0.717, 1.165) is 33.6 Å². The molecule has 0 N–H and O–H groups in total. The molecule has 0 aliphatic carbocycles. The van der Waals surface area contributed by atoms with Crippen molar-refractivity contribution in [3.05, 3.63) is 158 Å². The highest BCUT2D eigenvalue weighted by Gasteiger charge is 2.12. The van der Waals surface area contributed by atoms with Gasteiger partial charge in [-0.15, -0.1) is 11.3 Å². The van der Waals surface area contributed by atoms with Gasteiger partial charge in [-0.1, -0.05) is 133 Å². The Morgan fingerprint density at radius 2 is 0.930 bits per heavy atom. The first kappa shape index (κ1) is 18.3. The van der Waals surface area contributed by atoms with Crippen LogP contribution in [0.4, 0.5) is 0 Å². The van der Waals surface area contributed by atoms with E-state index in [1.165, 1.54) is 32.3 Å². The second kappa shape index (κ2) is 9.66. The molecule has 1 heteroatoms. The van der Waals surface area contributed by atoms with Crippen LogP contribution in [-0.2, 0) is 0 Å². The van der Waals surface area contributed by atoms with Crippen molar-refractivity contribution in [2.45, 2.75) is 0 Å². The summed E-state index contributed by atoms with van der Waals surface area (Å²) < 4.78 is 60.4. The van der Waals surface area contributed by atoms with Gasteiger partial charge in [0.2, 0.25) is 0 Å². The molecule has 0 nitrogen and oxygen atoms in total. The molecule has 1 heterocycles. The Balaban J connectivity index is 1.16. The molecule has 200 valence electrons. The lowest BCUT2D eigenvalue weighted by atomic mass is 9.91. The Kier molecular flexibility index (Phi) is 4.12. The van der Waals surface area contributed by atoms with Gasteiger partial charge in [0.1, 0.15) is 0 Å². The van der Waals surface area contributed by atoms with Gasteiger partial charge in [0.15, 0.2) is 0 Å². The van der Waals surface area contributed by atoms with Crippen LogP contribution in [0.15, 0.2) is 158 Å². The highest BCUT2D eigenvalue weighted by atomic mass is 32.1. The standard InChI is InChI=1S/C42H26S/c1-2-13-35-33(11-1)34-12-3-4-14-36(34)39-26-31(23-24-37(35)39)30-10-7-9-29(25-30)27-19-21-28(22-20-27)32-16-8-18-41-42(32)38-15-5-6-17-40(38)43-41/h1-26H/i5D,6D,8D,15D,16D,17D,18D. The minimum Gasteiger partial charge on any atom is -0.135 e. The number of hydrogen-bond donors (Lipinski definition) is 0. The molecule has 9 aromatic rings. The van der Waals surface area contributed by atoms with Gasteiger partial charge in [0.25, 0.3) is 0 Å². The summed E-state index contributed by atoms with van der Waals surface area (Å²) in [4.78, 5) is 0. The smallest absolute Gasteiger partial charge is 0.0638 e. The van der Waals surface area contributed by atoms with Crippen molar-refractivity contribution in [1.29, 1.82) is 0 Å². The molecule has 0 saturated carbocycles. The van der Waals surface area contributed by atoms with Gasteiger partial charge < -0.3 is 0 Å². The zero-order chi connectivity index (χ0) is 34.4. The average molecular weight is 570 g/mol. The Hall–Kier alpha value is -5.24. The fourth-order valence-electron chi connectivity index (χ4n) is 6.37. The Morgan fingerprint density at radius 3 is 1.67 bits per heavy atom. The number of fused-ring (bicyclic) bond motifs is 9. The summed E-state index contributed by atoms with van der Waals surface area (Å²) in [7, 11) is 0. The topological polar surface area (TPSA) is 0 Å². The third kappa shape index (κ3) is 3.90. The third-order valence-corrected chi connectivity index (χ3v) is 9.42. The Labute approximate surface area is 263 Å². The molecule has 8 aromatic carbocycles. The molecule has 0 atom stereocenters. The van der Waals surface area contributed by atoms with Crippen molar-refractivity contribution in [1.82, 2.24) is 0 Å². The van der Waals surface area contributed by atoms with Crippen molar-refractivity contribution < 1.29 is 9.60 Å². The van der Waals surface area contributed by atoms with Crippen LogP contribution in [0.3, 0.4) is 0 Å². The van der Waals surface area contributed by atoms with Gasteiger partial charge in [-0.05, 0) is 89.9 Å². The summed E-state index contributed by atoms with van der Waals surface area (Å²) >= 11 is 1.08. The summed E-state index contributed by atoms with van der Waals surface area (Å²) in [6.07, 6.45) is 0. The van der Waals surface area contributed by atoms with Gasteiger partial charge in [0.05, 0.1) is 9.60 Å². The van der Waals surface area contributed by atoms with E-state index in [4.69, 9.17) is 9.60 Å². The van der Waals surface area contributed by atoms with E-state index in [9.17, 15) is 0 Å². The minimum absolute atomic E-state index is 0.138. The van der Waals surface area contributed by atoms with Crippen molar-refractivity contribution in [3.63, 3.8) is 0 Å². The molecule has 0 unspecified atom stereocenters. The number of benzene rings is 8. The van der Waals surface area contributed by atoms with Crippen LogP contribution in [0, 0.1) is 0 Å². The van der Waals surface area contributed by atoms with E-state index in [0.29, 0.717) is 31.3 Å². The van der Waals surface area contributed by atoms with Crippen molar-refractivity contribution >= 4 is 63.8 Å². The first-order chi connectivity index (χ1) is 24.2. The normalized spacial score (nSPS) is 14.0. The summed E-state index contributed by atoms with van der Waals surface area (Å²) in [6.45, 7) is 0. The molecular weight excluding hydrogens is 537 g/mol. The first-order valence-corrected chi connectivity index (χ1v) is 15.0. The van der Waals surface area contributed by atoms with Crippen LogP contribution in [-0.4, -0.2) is 0 Å². The summed E-state index contributed by atoms with van der Waals surface area (Å²) in [6, 6.07) is 38.4. The molecule has 0 aliphatic rings. The zero-order valence-electron chi connectivity index (χ0n) is 29.9. The van der Waals surface area contributed by atoms with Crippen LogP contribution in [0.1, 0.15) is 9.60 Å². The molecule has 0 bridgehead atoms. The number of rotatable bonds is 3. The Morgan fingerprint density at radius 1 is 0.372 bits per heavy atom. The van der Waals surface area contributed by atoms with E-state index >= 15 is 0 Å². The lowest BCUT2D eigenvalue weighted by molar-refractivity contribution is 1.59. The lowest BCUT2D eigenvalue weighted by Gasteiger charge is -2.13. The minimum atomic E-state index is -0.357. The van der Waals surface area contributed by atoms with Gasteiger partial charge in [0, 0.05) is 20.2 Å². The lowest BCUT2D eigenvalue weighted by Crippen LogP contribution is -1.86. The monoisotopic (exact) mass is 569 g/mol. The van der Waals surface area contributed by atoms with E-state index in [2.05, 4.69) is 91.0 Å². The summed E-state index contributed by atoms with van der Waals surface area (Å²) in [5, 5.41) is 8.10. The fraction of sp³-hybridized carbons (Fsp3) is 0. The molecule has 0 radical (unpaired) electrons. The molecule has 0 amide bonds. The van der Waals surface area contributed by atoms with E-state index in [1.54, 1.807) is 0 Å². The van der Waals surface area contributed by atoms with Crippen molar-refractivity contribution in [3.8, 4) is 33.4 Å². The maximum Gasteiger partial charge on any atom is 0.0638 e. The van der Waals surface area contributed by atoms with Gasteiger partial charge in [-0.2, -0.15) is 0 Å². The van der Waals surface area contributed by atoms with Gasteiger partial charge in [-0.25, -0.2) is 0 Å². The second-order valence-corrected chi connectivity index (χ2v) is 11.8. The summed E-state index contributed by atoms with van der Waals surface area (Å²) in [5.41, 5.74) is 5.24. The third-order valence-electron chi connectivity index (χ3n) is 8.39. The van der Waals surface area contributed by atoms with Gasteiger partial charge in [-0.3, -0.25) is 0 Å². The van der Waals surface area contributed by atoms with Crippen LogP contribution in [0.25, 0.3) is 85.9 Å².